The molecule has 0 aliphatic heterocycles. The summed E-state index contributed by atoms with van der Waals surface area (Å²) in [6.45, 7) is 3.50. The van der Waals surface area contributed by atoms with Crippen molar-refractivity contribution in [1.82, 2.24) is 0 Å². The van der Waals surface area contributed by atoms with E-state index in [9.17, 15) is 4.39 Å². The molecule has 1 aromatic carbocycles. The fourth-order valence-corrected chi connectivity index (χ4v) is 4.64. The van der Waals surface area contributed by atoms with Crippen LogP contribution in [0.3, 0.4) is 0 Å². The van der Waals surface area contributed by atoms with Gasteiger partial charge in [0.2, 0.25) is 0 Å². The minimum atomic E-state index is -0.346. The number of alkyl halides is 1. The van der Waals surface area contributed by atoms with E-state index in [4.69, 9.17) is 9.47 Å². The smallest absolute Gasteiger partial charge is 0.116 e. The van der Waals surface area contributed by atoms with Crippen molar-refractivity contribution < 1.29 is 13.9 Å². The molecule has 0 N–H and O–H groups in total. The lowest BCUT2D eigenvalue weighted by Gasteiger charge is -2.33. The Morgan fingerprint density at radius 3 is 1.73 bits per heavy atom. The molecule has 33 heavy (non-hydrogen) atoms. The SMILES string of the molecule is CCCCCCCCCCCCCC(COCCCCCCCCF)(OC)c1ccccc1. The maximum Gasteiger partial charge on any atom is 0.116 e. The molecule has 0 radical (unpaired) electrons. The summed E-state index contributed by atoms with van der Waals surface area (Å²) in [5.41, 5.74) is 0.882. The first-order chi connectivity index (χ1) is 16.3. The molecule has 1 atom stereocenters. The average molecular weight is 465 g/mol. The molecule has 0 aromatic heterocycles. The first-order valence-electron chi connectivity index (χ1n) is 14.0. The summed E-state index contributed by atoms with van der Waals surface area (Å²) in [7, 11) is 1.83. The second-order valence-electron chi connectivity index (χ2n) is 9.71. The van der Waals surface area contributed by atoms with Crippen molar-refractivity contribution in [3.8, 4) is 0 Å². The molecule has 1 aromatic rings. The third-order valence-electron chi connectivity index (χ3n) is 6.88. The molecule has 0 aliphatic carbocycles. The number of benzene rings is 1. The van der Waals surface area contributed by atoms with Crippen LogP contribution >= 0.6 is 0 Å². The lowest BCUT2D eigenvalue weighted by atomic mass is 9.88. The number of methoxy groups -OCH3 is 1. The van der Waals surface area contributed by atoms with Gasteiger partial charge in [0, 0.05) is 13.7 Å². The Morgan fingerprint density at radius 1 is 0.667 bits per heavy atom. The molecular formula is C30H53FO2. The molecule has 192 valence electrons. The van der Waals surface area contributed by atoms with Crippen LogP contribution in [0.4, 0.5) is 4.39 Å². The number of hydrogen-bond donors (Lipinski definition) is 0. The Morgan fingerprint density at radius 2 is 1.18 bits per heavy atom. The molecule has 0 heterocycles. The summed E-state index contributed by atoms with van der Waals surface area (Å²) in [5.74, 6) is 0. The van der Waals surface area contributed by atoms with Gasteiger partial charge in [-0.25, -0.2) is 0 Å². The second kappa shape index (κ2) is 21.6. The van der Waals surface area contributed by atoms with E-state index < -0.39 is 0 Å². The maximum atomic E-state index is 12.2. The molecule has 0 saturated carbocycles. The molecule has 0 aliphatic rings. The van der Waals surface area contributed by atoms with Gasteiger partial charge in [-0.15, -0.1) is 0 Å². The monoisotopic (exact) mass is 464 g/mol. The van der Waals surface area contributed by atoms with Crippen molar-refractivity contribution >= 4 is 0 Å². The highest BCUT2D eigenvalue weighted by molar-refractivity contribution is 5.23. The third-order valence-corrected chi connectivity index (χ3v) is 6.88. The zero-order chi connectivity index (χ0) is 23.9. The summed E-state index contributed by atoms with van der Waals surface area (Å²) in [6, 6.07) is 10.6. The van der Waals surface area contributed by atoms with Gasteiger partial charge < -0.3 is 9.47 Å². The zero-order valence-electron chi connectivity index (χ0n) is 21.9. The van der Waals surface area contributed by atoms with Gasteiger partial charge in [0.15, 0.2) is 0 Å². The normalized spacial score (nSPS) is 13.3. The van der Waals surface area contributed by atoms with Gasteiger partial charge in [-0.3, -0.25) is 4.39 Å². The summed E-state index contributed by atoms with van der Waals surface area (Å²) in [6.07, 6.45) is 22.2. The summed E-state index contributed by atoms with van der Waals surface area (Å²) >= 11 is 0. The number of rotatable bonds is 24. The van der Waals surface area contributed by atoms with Gasteiger partial charge in [-0.2, -0.15) is 0 Å². The van der Waals surface area contributed by atoms with Crippen LogP contribution in [0, 0.1) is 0 Å². The minimum Gasteiger partial charge on any atom is -0.378 e. The number of ether oxygens (including phenoxy) is 2. The van der Waals surface area contributed by atoms with Gasteiger partial charge >= 0.3 is 0 Å². The van der Waals surface area contributed by atoms with Gasteiger partial charge in [0.1, 0.15) is 5.60 Å². The Balaban J connectivity index is 2.29. The van der Waals surface area contributed by atoms with Gasteiger partial charge in [-0.1, -0.05) is 134 Å². The summed E-state index contributed by atoms with van der Waals surface area (Å²) in [5, 5.41) is 0. The molecule has 2 nitrogen and oxygen atoms in total. The number of hydrogen-bond acceptors (Lipinski definition) is 2. The first kappa shape index (κ1) is 30.1. The van der Waals surface area contributed by atoms with Gasteiger partial charge in [0.05, 0.1) is 13.3 Å². The van der Waals surface area contributed by atoms with Crippen LogP contribution in [-0.4, -0.2) is 27.0 Å². The van der Waals surface area contributed by atoms with Gasteiger partial charge in [0.25, 0.3) is 0 Å². The minimum absolute atomic E-state index is 0.180. The largest absolute Gasteiger partial charge is 0.378 e. The molecule has 0 saturated heterocycles. The molecule has 0 spiro atoms. The van der Waals surface area contributed by atoms with Crippen molar-refractivity contribution in [1.29, 1.82) is 0 Å². The van der Waals surface area contributed by atoms with E-state index in [1.807, 2.05) is 7.11 Å². The van der Waals surface area contributed by atoms with E-state index in [0.717, 1.165) is 38.7 Å². The summed E-state index contributed by atoms with van der Waals surface area (Å²) < 4.78 is 24.4. The fraction of sp³-hybridized carbons (Fsp3) is 0.800. The fourth-order valence-electron chi connectivity index (χ4n) is 4.64. The highest BCUT2D eigenvalue weighted by atomic mass is 19.1. The van der Waals surface area contributed by atoms with Crippen LogP contribution in [0.2, 0.25) is 0 Å². The van der Waals surface area contributed by atoms with Crippen LogP contribution in [0.15, 0.2) is 30.3 Å². The van der Waals surface area contributed by atoms with Crippen molar-refractivity contribution in [2.24, 2.45) is 0 Å². The lowest BCUT2D eigenvalue weighted by Crippen LogP contribution is -2.34. The van der Waals surface area contributed by atoms with Crippen molar-refractivity contribution in [3.05, 3.63) is 35.9 Å². The predicted molar refractivity (Wildman–Crippen MR) is 141 cm³/mol. The average Bonchev–Trinajstić information content (AvgIpc) is 2.85. The lowest BCUT2D eigenvalue weighted by molar-refractivity contribution is -0.0876. The van der Waals surface area contributed by atoms with E-state index in [1.165, 1.54) is 82.6 Å². The van der Waals surface area contributed by atoms with Crippen LogP contribution < -0.4 is 0 Å². The van der Waals surface area contributed by atoms with E-state index in [0.29, 0.717) is 13.0 Å². The Kier molecular flexibility index (Phi) is 19.7. The Hall–Kier alpha value is -0.930. The van der Waals surface area contributed by atoms with E-state index in [1.54, 1.807) is 0 Å². The number of halogens is 1. The topological polar surface area (TPSA) is 18.5 Å². The standard InChI is InChI=1S/C30H53FO2/c1-3-4-5-6-7-8-9-10-11-14-20-25-30(32-2,29-23-18-17-19-24-29)28-33-27-22-16-13-12-15-21-26-31/h17-19,23-24H,3-16,20-22,25-28H2,1-2H3. The highest BCUT2D eigenvalue weighted by Crippen LogP contribution is 2.32. The molecule has 3 heteroatoms. The second-order valence-corrected chi connectivity index (χ2v) is 9.71. The molecule has 0 amide bonds. The van der Waals surface area contributed by atoms with Crippen LogP contribution in [0.25, 0.3) is 0 Å². The van der Waals surface area contributed by atoms with E-state index >= 15 is 0 Å². The molecular weight excluding hydrogens is 411 g/mol. The van der Waals surface area contributed by atoms with Crippen LogP contribution in [0.5, 0.6) is 0 Å². The quantitative estimate of drug-likeness (QED) is 0.142. The van der Waals surface area contributed by atoms with Crippen molar-refractivity contribution in [3.63, 3.8) is 0 Å². The molecule has 1 unspecified atom stereocenters. The third kappa shape index (κ3) is 14.8. The molecule has 1 rings (SSSR count). The van der Waals surface area contributed by atoms with Crippen molar-refractivity contribution in [2.75, 3.05) is 27.0 Å². The first-order valence-corrected chi connectivity index (χ1v) is 14.0. The van der Waals surface area contributed by atoms with Crippen LogP contribution in [0.1, 0.15) is 128 Å². The Labute approximate surface area is 205 Å². The molecule has 0 bridgehead atoms. The Bertz CT molecular complexity index is 521. The highest BCUT2D eigenvalue weighted by Gasteiger charge is 2.31. The van der Waals surface area contributed by atoms with E-state index in [-0.39, 0.29) is 12.3 Å². The van der Waals surface area contributed by atoms with Crippen LogP contribution in [-0.2, 0) is 15.1 Å². The van der Waals surface area contributed by atoms with Crippen molar-refractivity contribution in [2.45, 2.75) is 128 Å². The number of unbranched alkanes of at least 4 members (excludes halogenated alkanes) is 15. The predicted octanol–water partition coefficient (Wildman–Crippen LogP) is 9.56. The summed E-state index contributed by atoms with van der Waals surface area (Å²) in [4.78, 5) is 0. The van der Waals surface area contributed by atoms with E-state index in [2.05, 4.69) is 37.3 Å². The zero-order valence-corrected chi connectivity index (χ0v) is 21.9. The van der Waals surface area contributed by atoms with Gasteiger partial charge in [-0.05, 0) is 24.8 Å². The molecule has 0 fully saturated rings. The maximum absolute atomic E-state index is 12.2.